The molecule has 0 bridgehead atoms. The van der Waals surface area contributed by atoms with Crippen LogP contribution in [0.5, 0.6) is 0 Å². The van der Waals surface area contributed by atoms with Crippen LogP contribution in [0, 0.1) is 6.92 Å². The number of hydrogen-bond acceptors (Lipinski definition) is 6. The summed E-state index contributed by atoms with van der Waals surface area (Å²) >= 11 is 0. The number of amides is 1. The minimum Gasteiger partial charge on any atom is -0.445 e. The number of aryl methyl sites for hydroxylation is 1. The first-order valence-corrected chi connectivity index (χ1v) is 8.74. The molecule has 8 nitrogen and oxygen atoms in total. The average Bonchev–Trinajstić information content (AvgIpc) is 3.42. The van der Waals surface area contributed by atoms with Crippen LogP contribution in [0.2, 0.25) is 0 Å². The molecule has 1 atom stereocenters. The van der Waals surface area contributed by atoms with Gasteiger partial charge >= 0.3 is 0 Å². The summed E-state index contributed by atoms with van der Waals surface area (Å²) in [6.45, 7) is 3.80. The average molecular weight is 374 g/mol. The molecule has 140 valence electrons. The Balaban J connectivity index is 1.71. The molecule has 1 aromatic carbocycles. The molecule has 0 saturated heterocycles. The van der Waals surface area contributed by atoms with E-state index in [1.54, 1.807) is 24.5 Å². The van der Waals surface area contributed by atoms with Crippen molar-refractivity contribution in [3.63, 3.8) is 0 Å². The van der Waals surface area contributed by atoms with Crippen LogP contribution in [-0.2, 0) is 0 Å². The first kappa shape index (κ1) is 17.6. The number of nitrogens with one attached hydrogen (secondary N) is 2. The number of rotatable bonds is 5. The molecule has 1 amide bonds. The second kappa shape index (κ2) is 7.43. The van der Waals surface area contributed by atoms with Crippen molar-refractivity contribution in [2.75, 3.05) is 0 Å². The molecule has 4 aromatic rings. The van der Waals surface area contributed by atoms with E-state index in [0.29, 0.717) is 22.8 Å². The van der Waals surface area contributed by atoms with Gasteiger partial charge in [0.15, 0.2) is 5.82 Å². The fourth-order valence-electron chi connectivity index (χ4n) is 2.81. The molecular weight excluding hydrogens is 356 g/mol. The highest BCUT2D eigenvalue weighted by atomic mass is 16.3. The van der Waals surface area contributed by atoms with Crippen LogP contribution in [0.3, 0.4) is 0 Å². The van der Waals surface area contributed by atoms with Crippen LogP contribution >= 0.6 is 0 Å². The third kappa shape index (κ3) is 3.66. The van der Waals surface area contributed by atoms with Crippen LogP contribution in [0.1, 0.15) is 34.7 Å². The molecule has 8 heteroatoms. The Bertz CT molecular complexity index is 1070. The highest BCUT2D eigenvalue weighted by Gasteiger charge is 2.17. The molecular formula is C20H18N6O2. The third-order valence-corrected chi connectivity index (χ3v) is 4.25. The molecule has 0 saturated carbocycles. The second-order valence-corrected chi connectivity index (χ2v) is 6.41. The van der Waals surface area contributed by atoms with Gasteiger partial charge in [0.2, 0.25) is 5.89 Å². The normalized spacial score (nSPS) is 11.9. The largest absolute Gasteiger partial charge is 0.445 e. The maximum Gasteiger partial charge on any atom is 0.251 e. The molecule has 0 aliphatic rings. The molecule has 0 fully saturated rings. The van der Waals surface area contributed by atoms with Crippen molar-refractivity contribution in [1.82, 2.24) is 30.5 Å². The molecule has 3 aromatic heterocycles. The minimum atomic E-state index is -0.343. The fourth-order valence-corrected chi connectivity index (χ4v) is 2.81. The molecule has 0 spiro atoms. The van der Waals surface area contributed by atoms with Crippen molar-refractivity contribution >= 4 is 5.91 Å². The molecule has 0 aliphatic carbocycles. The number of H-pyrrole nitrogens is 1. The van der Waals surface area contributed by atoms with Crippen molar-refractivity contribution in [2.24, 2.45) is 0 Å². The summed E-state index contributed by atoms with van der Waals surface area (Å²) in [6.07, 6.45) is 6.33. The maximum atomic E-state index is 12.9. The van der Waals surface area contributed by atoms with Crippen molar-refractivity contribution < 1.29 is 9.21 Å². The summed E-state index contributed by atoms with van der Waals surface area (Å²) in [7, 11) is 0. The Morgan fingerprint density at radius 3 is 2.68 bits per heavy atom. The fraction of sp³-hybridized carbons (Fsp3) is 0.150. The lowest BCUT2D eigenvalue weighted by molar-refractivity contribution is 0.0938. The highest BCUT2D eigenvalue weighted by Crippen LogP contribution is 2.27. The predicted octanol–water partition coefficient (Wildman–Crippen LogP) is 3.32. The van der Waals surface area contributed by atoms with Crippen LogP contribution < -0.4 is 5.32 Å². The summed E-state index contributed by atoms with van der Waals surface area (Å²) < 4.78 is 5.42. The number of benzene rings is 1. The van der Waals surface area contributed by atoms with Gasteiger partial charge in [-0.2, -0.15) is 5.10 Å². The maximum absolute atomic E-state index is 12.9. The van der Waals surface area contributed by atoms with Gasteiger partial charge in [-0.05, 0) is 43.7 Å². The van der Waals surface area contributed by atoms with Gasteiger partial charge < -0.3 is 9.73 Å². The van der Waals surface area contributed by atoms with E-state index < -0.39 is 0 Å². The number of carbonyl (C=O) groups excluding carboxylic acids is 1. The summed E-state index contributed by atoms with van der Waals surface area (Å²) in [4.78, 5) is 25.6. The first-order valence-electron chi connectivity index (χ1n) is 8.74. The number of pyridine rings is 1. The van der Waals surface area contributed by atoms with E-state index in [1.807, 2.05) is 32.0 Å². The number of aromatic nitrogens is 5. The third-order valence-electron chi connectivity index (χ3n) is 4.25. The van der Waals surface area contributed by atoms with Crippen molar-refractivity contribution in [3.05, 3.63) is 72.3 Å². The van der Waals surface area contributed by atoms with E-state index in [4.69, 9.17) is 4.42 Å². The van der Waals surface area contributed by atoms with E-state index in [0.717, 1.165) is 16.8 Å². The van der Waals surface area contributed by atoms with Crippen LogP contribution in [0.4, 0.5) is 0 Å². The van der Waals surface area contributed by atoms with Gasteiger partial charge in [-0.3, -0.25) is 14.9 Å². The predicted molar refractivity (Wildman–Crippen MR) is 102 cm³/mol. The molecule has 3 heterocycles. The van der Waals surface area contributed by atoms with E-state index >= 15 is 0 Å². The number of oxazole rings is 1. The van der Waals surface area contributed by atoms with Crippen LogP contribution in [0.25, 0.3) is 22.7 Å². The van der Waals surface area contributed by atoms with Gasteiger partial charge in [0.1, 0.15) is 12.6 Å². The molecule has 4 rings (SSSR count). The Kier molecular flexibility index (Phi) is 4.67. The summed E-state index contributed by atoms with van der Waals surface area (Å²) in [5, 5.41) is 9.56. The number of hydrogen-bond donors (Lipinski definition) is 2. The van der Waals surface area contributed by atoms with E-state index in [9.17, 15) is 4.79 Å². The summed E-state index contributed by atoms with van der Waals surface area (Å²) in [5.74, 6) is 0.696. The molecule has 28 heavy (non-hydrogen) atoms. The van der Waals surface area contributed by atoms with E-state index in [-0.39, 0.29) is 11.9 Å². The van der Waals surface area contributed by atoms with Crippen molar-refractivity contribution in [2.45, 2.75) is 19.9 Å². The molecule has 2 N–H and O–H groups in total. The SMILES string of the molecule is Cc1ccc(-c2cc(C(=O)N[C@H](C)c3nc[nH]n3)cc(-c3ncco3)c2)nc1. The Morgan fingerprint density at radius 2 is 2.00 bits per heavy atom. The van der Waals surface area contributed by atoms with Crippen LogP contribution in [0.15, 0.2) is 59.7 Å². The monoisotopic (exact) mass is 374 g/mol. The van der Waals surface area contributed by atoms with Gasteiger partial charge in [0.05, 0.1) is 17.9 Å². The highest BCUT2D eigenvalue weighted by molar-refractivity contribution is 5.97. The van der Waals surface area contributed by atoms with Crippen LogP contribution in [-0.4, -0.2) is 31.1 Å². The zero-order chi connectivity index (χ0) is 19.5. The summed E-state index contributed by atoms with van der Waals surface area (Å²) in [5.41, 5.74) is 3.78. The Morgan fingerprint density at radius 1 is 1.14 bits per heavy atom. The van der Waals surface area contributed by atoms with E-state index in [2.05, 4.69) is 30.5 Å². The van der Waals surface area contributed by atoms with Gasteiger partial charge in [0.25, 0.3) is 5.91 Å². The molecule has 0 aliphatic heterocycles. The quantitative estimate of drug-likeness (QED) is 0.554. The van der Waals surface area contributed by atoms with Crippen molar-refractivity contribution in [1.29, 1.82) is 0 Å². The lowest BCUT2D eigenvalue weighted by Crippen LogP contribution is -2.27. The standard InChI is InChI=1S/C20H18N6O2/c1-12-3-4-17(22-10-12)14-7-15(9-16(8-14)20-21-5-6-28-20)19(27)25-13(2)18-23-11-24-26-18/h3-11,13H,1-2H3,(H,25,27)(H,23,24,26)/t13-/m1/s1. The van der Waals surface area contributed by atoms with Gasteiger partial charge in [-0.15, -0.1) is 0 Å². The number of aromatic amines is 1. The first-order chi connectivity index (χ1) is 13.6. The van der Waals surface area contributed by atoms with E-state index in [1.165, 1.54) is 12.6 Å². The smallest absolute Gasteiger partial charge is 0.251 e. The van der Waals surface area contributed by atoms with Gasteiger partial charge in [0, 0.05) is 22.9 Å². The molecule has 0 radical (unpaired) electrons. The topological polar surface area (TPSA) is 110 Å². The molecule has 0 unspecified atom stereocenters. The zero-order valence-electron chi connectivity index (χ0n) is 15.4. The lowest BCUT2D eigenvalue weighted by atomic mass is 10.0. The Labute approximate surface area is 161 Å². The lowest BCUT2D eigenvalue weighted by Gasteiger charge is -2.12. The van der Waals surface area contributed by atoms with Crippen molar-refractivity contribution in [3.8, 4) is 22.7 Å². The zero-order valence-corrected chi connectivity index (χ0v) is 15.4. The second-order valence-electron chi connectivity index (χ2n) is 6.41. The number of nitrogens with zero attached hydrogens (tertiary/aromatic N) is 4. The van der Waals surface area contributed by atoms with Gasteiger partial charge in [-0.1, -0.05) is 6.07 Å². The van der Waals surface area contributed by atoms with Gasteiger partial charge in [-0.25, -0.2) is 9.97 Å². The number of carbonyl (C=O) groups is 1. The summed E-state index contributed by atoms with van der Waals surface area (Å²) in [6, 6.07) is 8.99. The Hall–Kier alpha value is -3.81. The minimum absolute atomic E-state index is 0.251.